The minimum atomic E-state index is -0.481. The van der Waals surface area contributed by atoms with Gasteiger partial charge in [0.1, 0.15) is 17.9 Å². The normalized spacial score (nSPS) is 16.3. The summed E-state index contributed by atoms with van der Waals surface area (Å²) in [5, 5.41) is 13.8. The summed E-state index contributed by atoms with van der Waals surface area (Å²) in [6.07, 6.45) is 3.68. The number of carbonyl (C=O) groups excluding carboxylic acids is 1. The van der Waals surface area contributed by atoms with Gasteiger partial charge in [0.2, 0.25) is 0 Å². The zero-order valence-corrected chi connectivity index (χ0v) is 20.3. The SMILES string of the molecule is CC(C)OC(=O)Nc1ccc(-c2c(C#N)c3ccc(OC4CCOCC4)cc3n2CC2CC2)cc1. The Morgan fingerprint density at radius 3 is 2.54 bits per heavy atom. The fraction of sp³-hybridized carbons (Fsp3) is 0.429. The van der Waals surface area contributed by atoms with Gasteiger partial charge in [-0.15, -0.1) is 0 Å². The fourth-order valence-electron chi connectivity index (χ4n) is 4.62. The van der Waals surface area contributed by atoms with Crippen LogP contribution in [0.4, 0.5) is 10.5 Å². The first-order valence-electron chi connectivity index (χ1n) is 12.4. The molecule has 1 aliphatic carbocycles. The second-order valence-electron chi connectivity index (χ2n) is 9.65. The maximum absolute atomic E-state index is 12.0. The van der Waals surface area contributed by atoms with Crippen LogP contribution in [-0.2, 0) is 16.0 Å². The van der Waals surface area contributed by atoms with Gasteiger partial charge in [0.25, 0.3) is 0 Å². The lowest BCUT2D eigenvalue weighted by Crippen LogP contribution is -2.25. The zero-order valence-electron chi connectivity index (χ0n) is 20.3. The molecule has 1 saturated heterocycles. The van der Waals surface area contributed by atoms with Crippen molar-refractivity contribution in [1.82, 2.24) is 4.57 Å². The number of hydrogen-bond donors (Lipinski definition) is 1. The Morgan fingerprint density at radius 1 is 1.14 bits per heavy atom. The molecule has 182 valence electrons. The van der Waals surface area contributed by atoms with Gasteiger partial charge in [-0.25, -0.2) is 4.79 Å². The average Bonchev–Trinajstić information content (AvgIpc) is 3.61. The highest BCUT2D eigenvalue weighted by molar-refractivity contribution is 5.95. The van der Waals surface area contributed by atoms with Crippen molar-refractivity contribution in [3.05, 3.63) is 48.0 Å². The summed E-state index contributed by atoms with van der Waals surface area (Å²) in [5.41, 5.74) is 4.19. The largest absolute Gasteiger partial charge is 0.490 e. The number of hydrogen-bond acceptors (Lipinski definition) is 5. The molecule has 2 heterocycles. The lowest BCUT2D eigenvalue weighted by molar-refractivity contribution is 0.0256. The molecule has 0 bridgehead atoms. The van der Waals surface area contributed by atoms with Gasteiger partial charge in [0.15, 0.2) is 0 Å². The molecule has 2 aliphatic rings. The monoisotopic (exact) mass is 473 g/mol. The first kappa shape index (κ1) is 23.3. The Labute approximate surface area is 205 Å². The van der Waals surface area contributed by atoms with E-state index >= 15 is 0 Å². The van der Waals surface area contributed by atoms with E-state index in [4.69, 9.17) is 14.2 Å². The Balaban J connectivity index is 1.50. The van der Waals surface area contributed by atoms with E-state index in [1.165, 1.54) is 12.8 Å². The predicted octanol–water partition coefficient (Wildman–Crippen LogP) is 6.10. The number of benzene rings is 2. The van der Waals surface area contributed by atoms with Crippen molar-refractivity contribution in [1.29, 1.82) is 5.26 Å². The van der Waals surface area contributed by atoms with Gasteiger partial charge in [-0.3, -0.25) is 5.32 Å². The number of nitriles is 1. The zero-order chi connectivity index (χ0) is 24.4. The Morgan fingerprint density at radius 2 is 1.89 bits per heavy atom. The van der Waals surface area contributed by atoms with Crippen LogP contribution in [0.15, 0.2) is 42.5 Å². The summed E-state index contributed by atoms with van der Waals surface area (Å²) in [5.74, 6) is 1.46. The van der Waals surface area contributed by atoms with Crippen LogP contribution < -0.4 is 10.1 Å². The van der Waals surface area contributed by atoms with Gasteiger partial charge in [0, 0.05) is 36.5 Å². The van der Waals surface area contributed by atoms with Crippen LogP contribution in [0.25, 0.3) is 22.2 Å². The number of ether oxygens (including phenoxy) is 3. The number of fused-ring (bicyclic) bond motifs is 1. The number of amides is 1. The smallest absolute Gasteiger partial charge is 0.411 e. The molecule has 7 heteroatoms. The van der Waals surface area contributed by atoms with E-state index < -0.39 is 6.09 Å². The average molecular weight is 474 g/mol. The molecule has 2 aromatic carbocycles. The number of anilines is 1. The molecular weight excluding hydrogens is 442 g/mol. The third-order valence-electron chi connectivity index (χ3n) is 6.50. The Bertz CT molecular complexity index is 1250. The summed E-state index contributed by atoms with van der Waals surface area (Å²) in [4.78, 5) is 12.0. The van der Waals surface area contributed by atoms with E-state index in [1.807, 2.05) is 50.2 Å². The van der Waals surface area contributed by atoms with Crippen molar-refractivity contribution in [2.24, 2.45) is 5.92 Å². The van der Waals surface area contributed by atoms with Crippen LogP contribution >= 0.6 is 0 Å². The first-order chi connectivity index (χ1) is 17.0. The van der Waals surface area contributed by atoms with E-state index in [-0.39, 0.29) is 12.2 Å². The fourth-order valence-corrected chi connectivity index (χ4v) is 4.62. The second kappa shape index (κ2) is 10.0. The molecule has 1 saturated carbocycles. The third-order valence-corrected chi connectivity index (χ3v) is 6.50. The standard InChI is InChI=1S/C28H31N3O4/c1-18(2)34-28(32)30-21-7-5-20(6-8-21)27-25(16-29)24-10-9-23(35-22-11-13-33-14-12-22)15-26(24)31(27)17-19-3-4-19/h5-10,15,18-19,22H,3-4,11-14,17H2,1-2H3,(H,30,32). The molecule has 1 aromatic heterocycles. The van der Waals surface area contributed by atoms with E-state index in [9.17, 15) is 10.1 Å². The van der Waals surface area contributed by atoms with Crippen LogP contribution in [0.3, 0.4) is 0 Å². The number of nitrogens with one attached hydrogen (secondary N) is 1. The number of rotatable bonds is 7. The van der Waals surface area contributed by atoms with Crippen LogP contribution in [0, 0.1) is 17.2 Å². The van der Waals surface area contributed by atoms with Crippen molar-refractivity contribution in [2.45, 2.75) is 58.3 Å². The van der Waals surface area contributed by atoms with Crippen molar-refractivity contribution in [2.75, 3.05) is 18.5 Å². The quantitative estimate of drug-likeness (QED) is 0.448. The molecular formula is C28H31N3O4. The van der Waals surface area contributed by atoms with E-state index in [1.54, 1.807) is 0 Å². The third kappa shape index (κ3) is 5.28. The Kier molecular flexibility index (Phi) is 6.65. The minimum Gasteiger partial charge on any atom is -0.490 e. The van der Waals surface area contributed by atoms with Crippen LogP contribution in [0.1, 0.15) is 45.1 Å². The van der Waals surface area contributed by atoms with Gasteiger partial charge >= 0.3 is 6.09 Å². The van der Waals surface area contributed by atoms with Gasteiger partial charge in [-0.2, -0.15) is 5.26 Å². The highest BCUT2D eigenvalue weighted by Gasteiger charge is 2.27. The number of nitrogens with zero attached hydrogens (tertiary/aromatic N) is 2. The maximum atomic E-state index is 12.0. The molecule has 0 atom stereocenters. The van der Waals surface area contributed by atoms with E-state index in [0.717, 1.165) is 60.5 Å². The molecule has 1 aliphatic heterocycles. The second-order valence-corrected chi connectivity index (χ2v) is 9.65. The highest BCUT2D eigenvalue weighted by atomic mass is 16.6. The maximum Gasteiger partial charge on any atom is 0.411 e. The van der Waals surface area contributed by atoms with Gasteiger partial charge in [-0.1, -0.05) is 12.1 Å². The summed E-state index contributed by atoms with van der Waals surface area (Å²) in [7, 11) is 0. The van der Waals surface area contributed by atoms with Crippen LogP contribution in [-0.4, -0.2) is 36.1 Å². The summed E-state index contributed by atoms with van der Waals surface area (Å²) < 4.78 is 19.2. The molecule has 35 heavy (non-hydrogen) atoms. The molecule has 0 unspecified atom stereocenters. The predicted molar refractivity (Wildman–Crippen MR) is 135 cm³/mol. The van der Waals surface area contributed by atoms with E-state index in [2.05, 4.69) is 22.0 Å². The van der Waals surface area contributed by atoms with Crippen LogP contribution in [0.2, 0.25) is 0 Å². The summed E-state index contributed by atoms with van der Waals surface area (Å²) in [6, 6.07) is 16.1. The molecule has 5 rings (SSSR count). The van der Waals surface area contributed by atoms with Crippen LogP contribution in [0.5, 0.6) is 5.75 Å². The van der Waals surface area contributed by atoms with E-state index in [0.29, 0.717) is 17.2 Å². The van der Waals surface area contributed by atoms with Crippen molar-refractivity contribution >= 4 is 22.7 Å². The van der Waals surface area contributed by atoms with Gasteiger partial charge < -0.3 is 18.8 Å². The molecule has 1 amide bonds. The number of aromatic nitrogens is 1. The highest BCUT2D eigenvalue weighted by Crippen LogP contribution is 2.40. The summed E-state index contributed by atoms with van der Waals surface area (Å²) in [6.45, 7) is 5.95. The van der Waals surface area contributed by atoms with Crippen molar-refractivity contribution in [3.8, 4) is 23.1 Å². The molecule has 0 spiro atoms. The lowest BCUT2D eigenvalue weighted by Gasteiger charge is -2.23. The van der Waals surface area contributed by atoms with Gasteiger partial charge in [-0.05, 0) is 62.4 Å². The lowest BCUT2D eigenvalue weighted by atomic mass is 10.1. The summed E-state index contributed by atoms with van der Waals surface area (Å²) >= 11 is 0. The van der Waals surface area contributed by atoms with Crippen molar-refractivity contribution < 1.29 is 19.0 Å². The minimum absolute atomic E-state index is 0.158. The molecule has 7 nitrogen and oxygen atoms in total. The van der Waals surface area contributed by atoms with Gasteiger partial charge in [0.05, 0.1) is 36.1 Å². The Hall–Kier alpha value is -3.50. The topological polar surface area (TPSA) is 85.5 Å². The molecule has 1 N–H and O–H groups in total. The van der Waals surface area contributed by atoms with Crippen molar-refractivity contribution in [3.63, 3.8) is 0 Å². The molecule has 3 aromatic rings. The molecule has 2 fully saturated rings. The number of carbonyl (C=O) groups is 1. The molecule has 0 radical (unpaired) electrons. The first-order valence-corrected chi connectivity index (χ1v) is 12.4.